The Kier molecular flexibility index (Phi) is 6.46. The standard InChI is InChI=1S/C29H27F2N9O3S/c1-14-35-27(38-37-14)29(41)39-18-5-6-19(39)10-16(9-18)24-25(44(2,42)43)26(32)40-28(36-24)21(13-34-40)15-3-8-23(33-12-15)20-7-4-17(30)11-22(20)31/h3-4,7-8,11-13,16,18-19H,5-6,9-10,32H2,1-2H3,(H,35,37,38)/t16?,18-,19+. The van der Waals surface area contributed by atoms with Crippen molar-refractivity contribution >= 4 is 27.2 Å². The lowest BCUT2D eigenvalue weighted by Gasteiger charge is -2.38. The maximum atomic E-state index is 14.3. The van der Waals surface area contributed by atoms with E-state index in [2.05, 4.69) is 25.3 Å². The van der Waals surface area contributed by atoms with Crippen molar-refractivity contribution in [2.45, 2.75) is 55.5 Å². The maximum absolute atomic E-state index is 14.3. The molecule has 226 valence electrons. The fourth-order valence-electron chi connectivity index (χ4n) is 6.57. The number of nitrogens with one attached hydrogen (secondary N) is 1. The maximum Gasteiger partial charge on any atom is 0.294 e. The molecule has 15 heteroatoms. The van der Waals surface area contributed by atoms with E-state index >= 15 is 0 Å². The van der Waals surface area contributed by atoms with Crippen LogP contribution in [0.2, 0.25) is 0 Å². The number of nitrogen functional groups attached to an aromatic ring is 1. The highest BCUT2D eigenvalue weighted by Crippen LogP contribution is 2.45. The number of fused-ring (bicyclic) bond motifs is 3. The number of carbonyl (C=O) groups excluding carboxylic acids is 1. The SMILES string of the molecule is Cc1nc(C(=O)N2[C@@H]3CC[C@H]2CC(c2nc4c(-c5ccc(-c6ccc(F)cc6F)nc5)cnn4c(N)c2S(C)(=O)=O)C3)n[nH]1. The molecular weight excluding hydrogens is 592 g/mol. The number of hydrogen-bond acceptors (Lipinski definition) is 9. The molecule has 2 bridgehead atoms. The second-order valence-corrected chi connectivity index (χ2v) is 13.3. The number of H-pyrrole nitrogens is 1. The van der Waals surface area contributed by atoms with E-state index in [4.69, 9.17) is 10.7 Å². The van der Waals surface area contributed by atoms with Gasteiger partial charge < -0.3 is 10.6 Å². The van der Waals surface area contributed by atoms with Gasteiger partial charge in [-0.15, -0.1) is 5.10 Å². The highest BCUT2D eigenvalue weighted by atomic mass is 32.2. The van der Waals surface area contributed by atoms with Crippen molar-refractivity contribution in [3.8, 4) is 22.4 Å². The number of aromatic amines is 1. The molecule has 2 saturated heterocycles. The van der Waals surface area contributed by atoms with E-state index in [1.807, 2.05) is 4.90 Å². The Bertz CT molecular complexity index is 2050. The average molecular weight is 620 g/mol. The zero-order chi connectivity index (χ0) is 30.9. The third-order valence-electron chi connectivity index (χ3n) is 8.46. The van der Waals surface area contributed by atoms with Gasteiger partial charge in [-0.05, 0) is 50.8 Å². The molecule has 3 N–H and O–H groups in total. The molecule has 1 amide bonds. The molecule has 1 aromatic carbocycles. The van der Waals surface area contributed by atoms with E-state index in [9.17, 15) is 22.0 Å². The van der Waals surface area contributed by atoms with Crippen LogP contribution in [0, 0.1) is 18.6 Å². The van der Waals surface area contributed by atoms with E-state index in [1.54, 1.807) is 19.1 Å². The van der Waals surface area contributed by atoms with Gasteiger partial charge in [0.25, 0.3) is 5.91 Å². The summed E-state index contributed by atoms with van der Waals surface area (Å²) in [6.45, 7) is 1.73. The summed E-state index contributed by atoms with van der Waals surface area (Å²) in [5.41, 5.74) is 8.77. The summed E-state index contributed by atoms with van der Waals surface area (Å²) >= 11 is 0. The predicted molar refractivity (Wildman–Crippen MR) is 155 cm³/mol. The zero-order valence-corrected chi connectivity index (χ0v) is 24.5. The van der Waals surface area contributed by atoms with Crippen molar-refractivity contribution in [1.82, 2.24) is 39.7 Å². The van der Waals surface area contributed by atoms with Crippen LogP contribution in [0.5, 0.6) is 0 Å². The number of halogens is 2. The minimum absolute atomic E-state index is 0.0567. The van der Waals surface area contributed by atoms with Crippen LogP contribution in [0.15, 0.2) is 47.6 Å². The summed E-state index contributed by atoms with van der Waals surface area (Å²) in [6, 6.07) is 6.32. The first-order valence-electron chi connectivity index (χ1n) is 14.0. The van der Waals surface area contributed by atoms with Gasteiger partial charge in [-0.25, -0.2) is 27.2 Å². The van der Waals surface area contributed by atoms with E-state index in [0.717, 1.165) is 31.2 Å². The van der Waals surface area contributed by atoms with Crippen LogP contribution in [0.1, 0.15) is 53.7 Å². The summed E-state index contributed by atoms with van der Waals surface area (Å²) in [4.78, 5) is 28.5. The molecule has 7 rings (SSSR count). The molecule has 0 radical (unpaired) electrons. The Morgan fingerprint density at radius 3 is 2.41 bits per heavy atom. The number of hydrogen-bond donors (Lipinski definition) is 2. The lowest BCUT2D eigenvalue weighted by molar-refractivity contribution is 0.0556. The molecule has 1 unspecified atom stereocenters. The van der Waals surface area contributed by atoms with Gasteiger partial charge in [0.05, 0.1) is 17.6 Å². The fraction of sp³-hybridized carbons (Fsp3) is 0.310. The molecule has 12 nitrogen and oxygen atoms in total. The van der Waals surface area contributed by atoms with Gasteiger partial charge in [0, 0.05) is 53.2 Å². The number of carbonyl (C=O) groups is 1. The molecule has 4 aromatic heterocycles. The van der Waals surface area contributed by atoms with E-state index in [-0.39, 0.29) is 46.0 Å². The van der Waals surface area contributed by atoms with Gasteiger partial charge in [0.2, 0.25) is 5.82 Å². The highest BCUT2D eigenvalue weighted by Gasteiger charge is 2.46. The van der Waals surface area contributed by atoms with Crippen LogP contribution < -0.4 is 5.73 Å². The lowest BCUT2D eigenvalue weighted by atomic mass is 9.87. The van der Waals surface area contributed by atoms with Gasteiger partial charge in [0.15, 0.2) is 15.5 Å². The first-order chi connectivity index (χ1) is 21.0. The second kappa shape index (κ2) is 10.1. The van der Waals surface area contributed by atoms with Crippen molar-refractivity contribution in [2.24, 2.45) is 0 Å². The number of sulfone groups is 1. The lowest BCUT2D eigenvalue weighted by Crippen LogP contribution is -2.46. The van der Waals surface area contributed by atoms with Crippen LogP contribution in [0.4, 0.5) is 14.6 Å². The van der Waals surface area contributed by atoms with Crippen LogP contribution in [0.25, 0.3) is 28.0 Å². The number of anilines is 1. The number of rotatable bonds is 5. The summed E-state index contributed by atoms with van der Waals surface area (Å²) in [5.74, 6) is -1.34. The van der Waals surface area contributed by atoms with Crippen molar-refractivity contribution in [2.75, 3.05) is 12.0 Å². The zero-order valence-electron chi connectivity index (χ0n) is 23.7. The largest absolute Gasteiger partial charge is 0.382 e. The number of nitrogens with zero attached hydrogens (tertiary/aromatic N) is 7. The number of amides is 1. The van der Waals surface area contributed by atoms with Crippen LogP contribution in [-0.4, -0.2) is 72.3 Å². The van der Waals surface area contributed by atoms with Gasteiger partial charge in [-0.3, -0.25) is 14.9 Å². The third kappa shape index (κ3) is 4.58. The molecule has 0 aliphatic carbocycles. The smallest absolute Gasteiger partial charge is 0.294 e. The quantitative estimate of drug-likeness (QED) is 0.298. The molecule has 44 heavy (non-hydrogen) atoms. The predicted octanol–water partition coefficient (Wildman–Crippen LogP) is 3.70. The van der Waals surface area contributed by atoms with Crippen molar-refractivity contribution in [3.63, 3.8) is 0 Å². The first kappa shape index (κ1) is 28.0. The van der Waals surface area contributed by atoms with Crippen LogP contribution >= 0.6 is 0 Å². The Hall–Kier alpha value is -4.79. The summed E-state index contributed by atoms with van der Waals surface area (Å²) in [5, 5.41) is 11.1. The Morgan fingerprint density at radius 2 is 1.80 bits per heavy atom. The molecule has 2 fully saturated rings. The first-order valence-corrected chi connectivity index (χ1v) is 15.9. The number of aromatic nitrogens is 7. The number of benzene rings is 1. The summed E-state index contributed by atoms with van der Waals surface area (Å²) in [7, 11) is -3.82. The molecular formula is C29H27F2N9O3S. The van der Waals surface area contributed by atoms with Crippen LogP contribution in [0.3, 0.4) is 0 Å². The normalized spacial score (nSPS) is 20.0. The van der Waals surface area contributed by atoms with E-state index < -0.39 is 21.5 Å². The number of nitrogens with two attached hydrogens (primary N) is 1. The average Bonchev–Trinajstić information content (AvgIpc) is 3.67. The Labute approximate surface area is 250 Å². The fourth-order valence-corrected chi connectivity index (χ4v) is 7.63. The van der Waals surface area contributed by atoms with Gasteiger partial charge >= 0.3 is 0 Å². The van der Waals surface area contributed by atoms with E-state index in [0.29, 0.717) is 46.8 Å². The Balaban J connectivity index is 1.27. The minimum Gasteiger partial charge on any atom is -0.382 e. The van der Waals surface area contributed by atoms with E-state index in [1.165, 1.54) is 23.0 Å². The second-order valence-electron chi connectivity index (χ2n) is 11.3. The van der Waals surface area contributed by atoms with Gasteiger partial charge in [-0.2, -0.15) is 9.61 Å². The number of piperidine rings is 1. The molecule has 6 heterocycles. The molecule has 3 atom stereocenters. The summed E-state index contributed by atoms with van der Waals surface area (Å²) in [6.07, 6.45) is 6.68. The molecule has 0 spiro atoms. The molecule has 5 aromatic rings. The monoisotopic (exact) mass is 619 g/mol. The van der Waals surface area contributed by atoms with Crippen molar-refractivity contribution in [3.05, 3.63) is 71.7 Å². The number of aryl methyl sites for hydroxylation is 1. The van der Waals surface area contributed by atoms with Crippen LogP contribution in [-0.2, 0) is 9.84 Å². The molecule has 2 aliphatic rings. The van der Waals surface area contributed by atoms with Crippen molar-refractivity contribution < 1.29 is 22.0 Å². The number of pyridine rings is 1. The Morgan fingerprint density at radius 1 is 1.05 bits per heavy atom. The minimum atomic E-state index is -3.82. The molecule has 0 saturated carbocycles. The third-order valence-corrected chi connectivity index (χ3v) is 9.62. The topological polar surface area (TPSA) is 165 Å². The van der Waals surface area contributed by atoms with Crippen molar-refractivity contribution in [1.29, 1.82) is 0 Å². The van der Waals surface area contributed by atoms with Gasteiger partial charge in [0.1, 0.15) is 28.2 Å². The van der Waals surface area contributed by atoms with Gasteiger partial charge in [-0.1, -0.05) is 6.07 Å². The highest BCUT2D eigenvalue weighted by molar-refractivity contribution is 7.91. The molecule has 2 aliphatic heterocycles. The summed E-state index contributed by atoms with van der Waals surface area (Å²) < 4.78 is 55.2.